The Morgan fingerprint density at radius 2 is 1.79 bits per heavy atom. The molecule has 1 fully saturated rings. The zero-order valence-electron chi connectivity index (χ0n) is 12.1. The number of carbonyl (C=O) groups is 2. The van der Waals surface area contributed by atoms with Crippen LogP contribution in [-0.2, 0) is 4.79 Å². The first kappa shape index (κ1) is 15.8. The zero-order chi connectivity index (χ0) is 14.3. The molecule has 0 aromatic carbocycles. The molecule has 0 aliphatic heterocycles. The van der Waals surface area contributed by atoms with Crippen molar-refractivity contribution in [3.05, 3.63) is 0 Å². The van der Waals surface area contributed by atoms with E-state index in [0.29, 0.717) is 0 Å². The van der Waals surface area contributed by atoms with Crippen LogP contribution in [0.5, 0.6) is 0 Å². The topological polar surface area (TPSA) is 84.2 Å². The van der Waals surface area contributed by atoms with E-state index in [1.54, 1.807) is 0 Å². The molecule has 0 radical (unpaired) electrons. The third-order valence-corrected chi connectivity index (χ3v) is 3.99. The standard InChI is InChI=1S/C14H27N3O2/c1-3-10(2)12(17-14(15)19)13(18)16-11-8-6-4-5-7-9-11/h10-12H,3-9H2,1-2H3,(H,16,18)(H3,15,17,19). The molecule has 4 N–H and O–H groups in total. The highest BCUT2D eigenvalue weighted by atomic mass is 16.2. The van der Waals surface area contributed by atoms with Gasteiger partial charge in [0.15, 0.2) is 0 Å². The van der Waals surface area contributed by atoms with Crippen molar-refractivity contribution in [2.45, 2.75) is 70.9 Å². The summed E-state index contributed by atoms with van der Waals surface area (Å²) in [6.07, 6.45) is 7.74. The van der Waals surface area contributed by atoms with Crippen molar-refractivity contribution in [1.82, 2.24) is 10.6 Å². The number of rotatable bonds is 5. The minimum absolute atomic E-state index is 0.0817. The number of carbonyl (C=O) groups excluding carboxylic acids is 2. The fraction of sp³-hybridized carbons (Fsp3) is 0.857. The Balaban J connectivity index is 2.56. The largest absolute Gasteiger partial charge is 0.352 e. The minimum atomic E-state index is -0.638. The minimum Gasteiger partial charge on any atom is -0.352 e. The van der Waals surface area contributed by atoms with E-state index < -0.39 is 12.1 Å². The Bertz CT molecular complexity index is 299. The number of nitrogens with one attached hydrogen (secondary N) is 2. The number of urea groups is 1. The van der Waals surface area contributed by atoms with Crippen LogP contribution < -0.4 is 16.4 Å². The third kappa shape index (κ3) is 5.49. The molecule has 0 aromatic heterocycles. The highest BCUT2D eigenvalue weighted by molar-refractivity contribution is 5.86. The molecule has 5 nitrogen and oxygen atoms in total. The molecule has 3 amide bonds. The molecule has 2 unspecified atom stereocenters. The van der Waals surface area contributed by atoms with Crippen molar-refractivity contribution in [2.24, 2.45) is 11.7 Å². The van der Waals surface area contributed by atoms with Gasteiger partial charge in [0.2, 0.25) is 5.91 Å². The second-order valence-electron chi connectivity index (χ2n) is 5.57. The van der Waals surface area contributed by atoms with E-state index >= 15 is 0 Å². The van der Waals surface area contributed by atoms with E-state index in [1.807, 2.05) is 13.8 Å². The summed E-state index contributed by atoms with van der Waals surface area (Å²) in [6, 6.07) is -0.914. The smallest absolute Gasteiger partial charge is 0.312 e. The van der Waals surface area contributed by atoms with Crippen molar-refractivity contribution in [3.8, 4) is 0 Å². The predicted octanol–water partition coefficient (Wildman–Crippen LogP) is 1.91. The lowest BCUT2D eigenvalue weighted by Gasteiger charge is -2.25. The number of primary amides is 1. The van der Waals surface area contributed by atoms with Gasteiger partial charge in [-0.1, -0.05) is 46.0 Å². The Kier molecular flexibility index (Phi) is 6.67. The molecule has 19 heavy (non-hydrogen) atoms. The van der Waals surface area contributed by atoms with Gasteiger partial charge in [0.05, 0.1) is 0 Å². The van der Waals surface area contributed by atoms with Gasteiger partial charge < -0.3 is 16.4 Å². The monoisotopic (exact) mass is 269 g/mol. The van der Waals surface area contributed by atoms with E-state index in [-0.39, 0.29) is 17.9 Å². The first-order valence-corrected chi connectivity index (χ1v) is 7.41. The number of hydrogen-bond donors (Lipinski definition) is 3. The highest BCUT2D eigenvalue weighted by Crippen LogP contribution is 2.18. The molecule has 110 valence electrons. The van der Waals surface area contributed by atoms with Crippen LogP contribution in [0.25, 0.3) is 0 Å². The quantitative estimate of drug-likeness (QED) is 0.666. The van der Waals surface area contributed by atoms with Crippen LogP contribution in [0.3, 0.4) is 0 Å². The summed E-state index contributed by atoms with van der Waals surface area (Å²) in [5.74, 6) is -0.0154. The fourth-order valence-electron chi connectivity index (χ4n) is 2.57. The Hall–Kier alpha value is -1.26. The molecule has 0 heterocycles. The number of hydrogen-bond acceptors (Lipinski definition) is 2. The van der Waals surface area contributed by atoms with E-state index in [0.717, 1.165) is 19.3 Å². The van der Waals surface area contributed by atoms with Gasteiger partial charge in [-0.3, -0.25) is 4.79 Å². The van der Waals surface area contributed by atoms with Crippen LogP contribution >= 0.6 is 0 Å². The van der Waals surface area contributed by atoms with Gasteiger partial charge >= 0.3 is 6.03 Å². The van der Waals surface area contributed by atoms with Gasteiger partial charge in [-0.25, -0.2) is 4.79 Å². The molecule has 0 saturated heterocycles. The lowest BCUT2D eigenvalue weighted by molar-refractivity contribution is -0.124. The molecule has 5 heteroatoms. The summed E-state index contributed by atoms with van der Waals surface area (Å²) in [6.45, 7) is 3.95. The summed E-state index contributed by atoms with van der Waals surface area (Å²) in [7, 11) is 0. The molecule has 1 saturated carbocycles. The molecule has 1 aliphatic carbocycles. The molecular weight excluding hydrogens is 242 g/mol. The summed E-state index contributed by atoms with van der Waals surface area (Å²) < 4.78 is 0. The van der Waals surface area contributed by atoms with E-state index in [1.165, 1.54) is 25.7 Å². The van der Waals surface area contributed by atoms with Crippen LogP contribution in [0.4, 0.5) is 4.79 Å². The van der Waals surface area contributed by atoms with Crippen molar-refractivity contribution in [2.75, 3.05) is 0 Å². The van der Waals surface area contributed by atoms with Crippen LogP contribution in [0.2, 0.25) is 0 Å². The van der Waals surface area contributed by atoms with Gasteiger partial charge in [0.25, 0.3) is 0 Å². The second kappa shape index (κ2) is 8.02. The first-order chi connectivity index (χ1) is 9.04. The first-order valence-electron chi connectivity index (χ1n) is 7.41. The summed E-state index contributed by atoms with van der Waals surface area (Å²) in [4.78, 5) is 23.3. The van der Waals surface area contributed by atoms with E-state index in [9.17, 15) is 9.59 Å². The molecule has 2 atom stereocenters. The average Bonchev–Trinajstić information content (AvgIpc) is 2.63. The van der Waals surface area contributed by atoms with Crippen LogP contribution in [0, 0.1) is 5.92 Å². The van der Waals surface area contributed by atoms with Crippen LogP contribution in [0.1, 0.15) is 58.8 Å². The van der Waals surface area contributed by atoms with Gasteiger partial charge in [-0.05, 0) is 18.8 Å². The van der Waals surface area contributed by atoms with Crippen molar-refractivity contribution in [3.63, 3.8) is 0 Å². The maximum absolute atomic E-state index is 12.3. The average molecular weight is 269 g/mol. The Morgan fingerprint density at radius 1 is 1.21 bits per heavy atom. The Morgan fingerprint density at radius 3 is 2.26 bits per heavy atom. The van der Waals surface area contributed by atoms with Gasteiger partial charge in [-0.2, -0.15) is 0 Å². The molecule has 0 aromatic rings. The normalized spacial score (nSPS) is 20.1. The van der Waals surface area contributed by atoms with Crippen molar-refractivity contribution < 1.29 is 9.59 Å². The maximum atomic E-state index is 12.3. The number of amides is 3. The summed E-state index contributed by atoms with van der Waals surface area (Å²) in [5, 5.41) is 5.63. The zero-order valence-corrected chi connectivity index (χ0v) is 12.1. The van der Waals surface area contributed by atoms with Crippen LogP contribution in [0.15, 0.2) is 0 Å². The SMILES string of the molecule is CCC(C)C(NC(N)=O)C(=O)NC1CCCCCC1. The number of nitrogens with two attached hydrogens (primary N) is 1. The molecule has 1 aliphatic rings. The van der Waals surface area contributed by atoms with Crippen molar-refractivity contribution >= 4 is 11.9 Å². The lowest BCUT2D eigenvalue weighted by atomic mass is 9.97. The van der Waals surface area contributed by atoms with Gasteiger partial charge in [-0.15, -0.1) is 0 Å². The van der Waals surface area contributed by atoms with Crippen molar-refractivity contribution in [1.29, 1.82) is 0 Å². The van der Waals surface area contributed by atoms with E-state index in [4.69, 9.17) is 5.73 Å². The molecular formula is C14H27N3O2. The maximum Gasteiger partial charge on any atom is 0.312 e. The predicted molar refractivity (Wildman–Crippen MR) is 75.6 cm³/mol. The molecule has 1 rings (SSSR count). The lowest BCUT2D eigenvalue weighted by Crippen LogP contribution is -2.53. The summed E-state index contributed by atoms with van der Waals surface area (Å²) in [5.41, 5.74) is 5.15. The third-order valence-electron chi connectivity index (χ3n) is 3.99. The van der Waals surface area contributed by atoms with Gasteiger partial charge in [0.1, 0.15) is 6.04 Å². The van der Waals surface area contributed by atoms with Gasteiger partial charge in [0, 0.05) is 6.04 Å². The fourth-order valence-corrected chi connectivity index (χ4v) is 2.57. The Labute approximate surface area is 115 Å². The summed E-state index contributed by atoms with van der Waals surface area (Å²) >= 11 is 0. The molecule has 0 bridgehead atoms. The van der Waals surface area contributed by atoms with Crippen LogP contribution in [-0.4, -0.2) is 24.0 Å². The van der Waals surface area contributed by atoms with E-state index in [2.05, 4.69) is 10.6 Å². The highest BCUT2D eigenvalue weighted by Gasteiger charge is 2.27. The molecule has 0 spiro atoms. The second-order valence-corrected chi connectivity index (χ2v) is 5.57.